The lowest BCUT2D eigenvalue weighted by Crippen LogP contribution is -2.34. The molecule has 0 unspecified atom stereocenters. The highest BCUT2D eigenvalue weighted by atomic mass is 32.2. The largest absolute Gasteiger partial charge is 0.497 e. The van der Waals surface area contributed by atoms with E-state index in [0.29, 0.717) is 18.0 Å². The zero-order chi connectivity index (χ0) is 22.4. The van der Waals surface area contributed by atoms with E-state index in [1.54, 1.807) is 42.7 Å². The predicted octanol–water partition coefficient (Wildman–Crippen LogP) is 3.12. The molecule has 0 aliphatic heterocycles. The first-order valence-corrected chi connectivity index (χ1v) is 11.0. The van der Waals surface area contributed by atoms with Gasteiger partial charge in [-0.25, -0.2) is 8.42 Å². The van der Waals surface area contributed by atoms with Crippen LogP contribution in [-0.4, -0.2) is 47.0 Å². The molecule has 164 valence electrons. The van der Waals surface area contributed by atoms with Crippen molar-refractivity contribution in [3.8, 4) is 5.75 Å². The van der Waals surface area contributed by atoms with Gasteiger partial charge in [0.2, 0.25) is 0 Å². The molecule has 3 rings (SSSR count). The number of benzene rings is 2. The molecule has 0 saturated carbocycles. The lowest BCUT2D eigenvalue weighted by atomic mass is 10.2. The van der Waals surface area contributed by atoms with E-state index < -0.39 is 10.0 Å². The number of rotatable bonds is 9. The molecule has 0 aliphatic carbocycles. The van der Waals surface area contributed by atoms with Gasteiger partial charge < -0.3 is 14.5 Å². The van der Waals surface area contributed by atoms with Gasteiger partial charge >= 0.3 is 0 Å². The SMILES string of the molecule is COc1ccc(NS(=O)(=O)c2cccc(C(=O)NC[C@@H](c3ccco3)N(C)C)c2)cc1. The first kappa shape index (κ1) is 22.4. The van der Waals surface area contributed by atoms with Gasteiger partial charge in [0, 0.05) is 17.8 Å². The summed E-state index contributed by atoms with van der Waals surface area (Å²) in [7, 11) is 1.44. The molecule has 31 heavy (non-hydrogen) atoms. The molecule has 0 bridgehead atoms. The fourth-order valence-corrected chi connectivity index (χ4v) is 4.09. The number of hydrogen-bond acceptors (Lipinski definition) is 6. The smallest absolute Gasteiger partial charge is 0.261 e. The van der Waals surface area contributed by atoms with Crippen LogP contribution in [0.4, 0.5) is 5.69 Å². The topological polar surface area (TPSA) is 101 Å². The van der Waals surface area contributed by atoms with E-state index in [9.17, 15) is 13.2 Å². The molecular formula is C22H25N3O5S. The number of nitrogens with one attached hydrogen (secondary N) is 2. The van der Waals surface area contributed by atoms with Crippen molar-refractivity contribution in [1.82, 2.24) is 10.2 Å². The third kappa shape index (κ3) is 5.65. The van der Waals surface area contributed by atoms with E-state index in [1.165, 1.54) is 25.3 Å². The Hall–Kier alpha value is -3.30. The van der Waals surface area contributed by atoms with Crippen molar-refractivity contribution in [2.45, 2.75) is 10.9 Å². The molecule has 0 fully saturated rings. The summed E-state index contributed by atoms with van der Waals surface area (Å²) in [5, 5.41) is 2.84. The van der Waals surface area contributed by atoms with E-state index in [0.717, 1.165) is 5.76 Å². The third-order valence-electron chi connectivity index (χ3n) is 4.70. The van der Waals surface area contributed by atoms with E-state index in [-0.39, 0.29) is 22.4 Å². The molecule has 0 saturated heterocycles. The summed E-state index contributed by atoms with van der Waals surface area (Å²) in [4.78, 5) is 14.6. The highest BCUT2D eigenvalue weighted by molar-refractivity contribution is 7.92. The number of hydrogen-bond donors (Lipinski definition) is 2. The molecule has 2 aromatic carbocycles. The number of amides is 1. The Balaban J connectivity index is 1.71. The second-order valence-electron chi connectivity index (χ2n) is 7.07. The molecule has 2 N–H and O–H groups in total. The maximum atomic E-state index is 12.7. The van der Waals surface area contributed by atoms with Gasteiger partial charge in [0.1, 0.15) is 11.5 Å². The lowest BCUT2D eigenvalue weighted by Gasteiger charge is -2.22. The number of methoxy groups -OCH3 is 1. The Morgan fingerprint density at radius 1 is 1.10 bits per heavy atom. The van der Waals surface area contributed by atoms with Gasteiger partial charge in [0.05, 0.1) is 24.3 Å². The number of carbonyl (C=O) groups excluding carboxylic acids is 1. The molecule has 9 heteroatoms. The number of nitrogens with zero attached hydrogens (tertiary/aromatic N) is 1. The first-order chi connectivity index (χ1) is 14.8. The van der Waals surface area contributed by atoms with E-state index in [4.69, 9.17) is 9.15 Å². The van der Waals surface area contributed by atoms with Crippen LogP contribution in [0.2, 0.25) is 0 Å². The molecule has 1 aromatic heterocycles. The minimum atomic E-state index is -3.86. The number of carbonyl (C=O) groups is 1. The summed E-state index contributed by atoms with van der Waals surface area (Å²) in [6.45, 7) is 0.306. The number of sulfonamides is 1. The van der Waals surface area contributed by atoms with Crippen LogP contribution in [0.25, 0.3) is 0 Å². The summed E-state index contributed by atoms with van der Waals surface area (Å²) in [5.41, 5.74) is 0.637. The van der Waals surface area contributed by atoms with Crippen LogP contribution in [-0.2, 0) is 10.0 Å². The van der Waals surface area contributed by atoms with Gasteiger partial charge in [-0.15, -0.1) is 0 Å². The number of anilines is 1. The normalized spacial score (nSPS) is 12.4. The van der Waals surface area contributed by atoms with Gasteiger partial charge in [0.15, 0.2) is 0 Å². The number of ether oxygens (including phenoxy) is 1. The monoisotopic (exact) mass is 443 g/mol. The highest BCUT2D eigenvalue weighted by Crippen LogP contribution is 2.21. The second-order valence-corrected chi connectivity index (χ2v) is 8.75. The van der Waals surface area contributed by atoms with E-state index in [2.05, 4.69) is 10.0 Å². The summed E-state index contributed by atoms with van der Waals surface area (Å²) in [6, 6.07) is 15.9. The summed E-state index contributed by atoms with van der Waals surface area (Å²) in [6.07, 6.45) is 1.58. The second kappa shape index (κ2) is 9.67. The van der Waals surface area contributed by atoms with Crippen LogP contribution in [0.15, 0.2) is 76.2 Å². The fourth-order valence-electron chi connectivity index (χ4n) is 2.99. The predicted molar refractivity (Wildman–Crippen MR) is 118 cm³/mol. The standard InChI is InChI=1S/C22H25N3O5S/c1-25(2)20(21-8-5-13-30-21)15-23-22(26)16-6-4-7-19(14-16)31(27,28)24-17-9-11-18(29-3)12-10-17/h4-14,20,24H,15H2,1-3H3,(H,23,26)/t20-/m0/s1. The van der Waals surface area contributed by atoms with E-state index >= 15 is 0 Å². The van der Waals surface area contributed by atoms with Crippen molar-refractivity contribution < 1.29 is 22.4 Å². The molecule has 8 nitrogen and oxygen atoms in total. The molecule has 0 aliphatic rings. The van der Waals surface area contributed by atoms with Crippen molar-refractivity contribution in [3.05, 3.63) is 78.3 Å². The minimum absolute atomic E-state index is 0.00818. The van der Waals surface area contributed by atoms with Crippen LogP contribution in [0, 0.1) is 0 Å². The van der Waals surface area contributed by atoms with Crippen molar-refractivity contribution in [2.24, 2.45) is 0 Å². The summed E-state index contributed by atoms with van der Waals surface area (Å²) >= 11 is 0. The molecule has 1 amide bonds. The Kier molecular flexibility index (Phi) is 6.98. The molecule has 0 spiro atoms. The Morgan fingerprint density at radius 3 is 2.45 bits per heavy atom. The average Bonchev–Trinajstić information content (AvgIpc) is 3.28. The third-order valence-corrected chi connectivity index (χ3v) is 6.08. The fraction of sp³-hybridized carbons (Fsp3) is 0.227. The minimum Gasteiger partial charge on any atom is -0.497 e. The van der Waals surface area contributed by atoms with Crippen molar-refractivity contribution >= 4 is 21.6 Å². The Labute approximate surface area is 181 Å². The Morgan fingerprint density at radius 2 is 1.84 bits per heavy atom. The maximum absolute atomic E-state index is 12.7. The first-order valence-electron chi connectivity index (χ1n) is 9.55. The highest BCUT2D eigenvalue weighted by Gasteiger charge is 2.20. The van der Waals surface area contributed by atoms with Gasteiger partial charge in [0.25, 0.3) is 15.9 Å². The van der Waals surface area contributed by atoms with Gasteiger partial charge in [-0.05, 0) is 68.7 Å². The Bertz CT molecular complexity index is 1110. The summed E-state index contributed by atoms with van der Waals surface area (Å²) < 4.78 is 38.5. The quantitative estimate of drug-likeness (QED) is 0.527. The maximum Gasteiger partial charge on any atom is 0.261 e. The van der Waals surface area contributed by atoms with Gasteiger partial charge in [-0.3, -0.25) is 14.4 Å². The van der Waals surface area contributed by atoms with Crippen molar-refractivity contribution in [1.29, 1.82) is 0 Å². The zero-order valence-corrected chi connectivity index (χ0v) is 18.3. The molecule has 0 radical (unpaired) electrons. The van der Waals surface area contributed by atoms with Gasteiger partial charge in [-0.1, -0.05) is 6.07 Å². The molecule has 3 aromatic rings. The molecular weight excluding hydrogens is 418 g/mol. The van der Waals surface area contributed by atoms with E-state index in [1.807, 2.05) is 25.1 Å². The van der Waals surface area contributed by atoms with Crippen molar-refractivity contribution in [2.75, 3.05) is 32.5 Å². The van der Waals surface area contributed by atoms with Crippen molar-refractivity contribution in [3.63, 3.8) is 0 Å². The average molecular weight is 444 g/mol. The number of likely N-dealkylation sites (N-methyl/N-ethyl adjacent to an activating group) is 1. The van der Waals surface area contributed by atoms with Crippen LogP contribution >= 0.6 is 0 Å². The number of furan rings is 1. The van der Waals surface area contributed by atoms with Crippen LogP contribution in [0.1, 0.15) is 22.2 Å². The van der Waals surface area contributed by atoms with Crippen LogP contribution in [0.3, 0.4) is 0 Å². The molecule has 1 heterocycles. The van der Waals surface area contributed by atoms with Crippen LogP contribution < -0.4 is 14.8 Å². The van der Waals surface area contributed by atoms with Gasteiger partial charge in [-0.2, -0.15) is 0 Å². The van der Waals surface area contributed by atoms with Crippen LogP contribution in [0.5, 0.6) is 5.75 Å². The molecule has 1 atom stereocenters. The lowest BCUT2D eigenvalue weighted by molar-refractivity contribution is 0.0939. The zero-order valence-electron chi connectivity index (χ0n) is 17.5. The summed E-state index contributed by atoms with van der Waals surface area (Å²) in [5.74, 6) is 0.970.